The van der Waals surface area contributed by atoms with Crippen LogP contribution < -0.4 is 4.74 Å². The van der Waals surface area contributed by atoms with Gasteiger partial charge >= 0.3 is 6.18 Å². The van der Waals surface area contributed by atoms with Crippen molar-refractivity contribution in [2.45, 2.75) is 20.0 Å². The van der Waals surface area contributed by atoms with Crippen LogP contribution in [0, 0.1) is 10.1 Å². The fourth-order valence-corrected chi connectivity index (χ4v) is 1.50. The predicted octanol–water partition coefficient (Wildman–Crippen LogP) is 3.21. The lowest BCUT2D eigenvalue weighted by Gasteiger charge is -2.13. The maximum atomic E-state index is 12.7. The van der Waals surface area contributed by atoms with Crippen LogP contribution in [-0.2, 0) is 6.18 Å². The van der Waals surface area contributed by atoms with Crippen molar-refractivity contribution in [3.05, 3.63) is 33.4 Å². The predicted molar refractivity (Wildman–Crippen MR) is 59.3 cm³/mol. The van der Waals surface area contributed by atoms with Crippen LogP contribution >= 0.6 is 0 Å². The molecular formula is C11H10F3NO4. The smallest absolute Gasteiger partial charge is 0.423 e. The number of benzene rings is 1. The minimum atomic E-state index is -4.90. The maximum absolute atomic E-state index is 12.7. The number of halogens is 3. The van der Waals surface area contributed by atoms with Crippen LogP contribution in [-0.4, -0.2) is 17.3 Å². The van der Waals surface area contributed by atoms with Crippen molar-refractivity contribution in [3.63, 3.8) is 0 Å². The van der Waals surface area contributed by atoms with Gasteiger partial charge in [-0.05, 0) is 13.8 Å². The van der Waals surface area contributed by atoms with Gasteiger partial charge in [0.15, 0.2) is 5.78 Å². The molecule has 0 amide bonds. The Kier molecular flexibility index (Phi) is 4.13. The summed E-state index contributed by atoms with van der Waals surface area (Å²) in [5, 5.41) is 10.7. The van der Waals surface area contributed by atoms with E-state index in [9.17, 15) is 28.1 Å². The van der Waals surface area contributed by atoms with Crippen molar-refractivity contribution in [2.75, 3.05) is 6.61 Å². The number of nitro groups is 1. The maximum Gasteiger partial charge on any atom is 0.423 e. The molecule has 1 aromatic carbocycles. The van der Waals surface area contributed by atoms with E-state index in [1.54, 1.807) is 0 Å². The fraction of sp³-hybridized carbons (Fsp3) is 0.364. The summed E-state index contributed by atoms with van der Waals surface area (Å²) in [5.74, 6) is -0.923. The van der Waals surface area contributed by atoms with Gasteiger partial charge in [-0.2, -0.15) is 13.2 Å². The summed E-state index contributed by atoms with van der Waals surface area (Å²) < 4.78 is 43.1. The van der Waals surface area contributed by atoms with E-state index in [2.05, 4.69) is 0 Å². The number of carbonyl (C=O) groups excluding carboxylic acids is 1. The molecule has 19 heavy (non-hydrogen) atoms. The van der Waals surface area contributed by atoms with Gasteiger partial charge in [-0.25, -0.2) is 0 Å². The SMILES string of the molecule is CCOc1cc(C(F)(F)F)c([N+](=O)[O-])cc1C(C)=O. The Morgan fingerprint density at radius 2 is 2.00 bits per heavy atom. The molecule has 0 heterocycles. The number of hydrogen-bond acceptors (Lipinski definition) is 4. The molecule has 0 unspecified atom stereocenters. The number of ether oxygens (including phenoxy) is 1. The van der Waals surface area contributed by atoms with Crippen LogP contribution in [0.1, 0.15) is 29.8 Å². The van der Waals surface area contributed by atoms with Crippen molar-refractivity contribution in [1.82, 2.24) is 0 Å². The van der Waals surface area contributed by atoms with Gasteiger partial charge in [-0.1, -0.05) is 0 Å². The zero-order valence-electron chi connectivity index (χ0n) is 10.1. The van der Waals surface area contributed by atoms with E-state index >= 15 is 0 Å². The Hall–Kier alpha value is -2.12. The molecule has 5 nitrogen and oxygen atoms in total. The highest BCUT2D eigenvalue weighted by molar-refractivity contribution is 5.97. The highest BCUT2D eigenvalue weighted by atomic mass is 19.4. The molecule has 0 spiro atoms. The van der Waals surface area contributed by atoms with E-state index in [1.807, 2.05) is 0 Å². The molecule has 0 saturated heterocycles. The molecule has 0 atom stereocenters. The molecule has 0 fully saturated rings. The molecule has 0 aliphatic rings. The quantitative estimate of drug-likeness (QED) is 0.481. The highest BCUT2D eigenvalue weighted by Crippen LogP contribution is 2.40. The summed E-state index contributed by atoms with van der Waals surface area (Å²) in [5.41, 5.74) is -2.85. The van der Waals surface area contributed by atoms with Gasteiger partial charge in [0.25, 0.3) is 5.69 Å². The second-order valence-electron chi connectivity index (χ2n) is 3.61. The van der Waals surface area contributed by atoms with Crippen molar-refractivity contribution >= 4 is 11.5 Å². The summed E-state index contributed by atoms with van der Waals surface area (Å²) in [6.07, 6.45) is -4.90. The van der Waals surface area contributed by atoms with E-state index in [0.717, 1.165) is 6.92 Å². The second kappa shape index (κ2) is 5.25. The number of carbonyl (C=O) groups is 1. The van der Waals surface area contributed by atoms with E-state index in [-0.39, 0.29) is 17.9 Å². The third-order valence-corrected chi connectivity index (χ3v) is 2.28. The molecule has 8 heteroatoms. The van der Waals surface area contributed by atoms with Crippen molar-refractivity contribution in [3.8, 4) is 5.75 Å². The minimum Gasteiger partial charge on any atom is -0.493 e. The first-order chi connectivity index (χ1) is 8.68. The van der Waals surface area contributed by atoms with Gasteiger partial charge in [-0.3, -0.25) is 14.9 Å². The molecule has 0 bridgehead atoms. The highest BCUT2D eigenvalue weighted by Gasteiger charge is 2.39. The Balaban J connectivity index is 3.59. The van der Waals surface area contributed by atoms with Gasteiger partial charge in [0, 0.05) is 12.1 Å². The van der Waals surface area contributed by atoms with E-state index in [1.165, 1.54) is 6.92 Å². The lowest BCUT2D eigenvalue weighted by molar-refractivity contribution is -0.388. The Morgan fingerprint density at radius 1 is 1.42 bits per heavy atom. The van der Waals surface area contributed by atoms with Crippen LogP contribution in [0.5, 0.6) is 5.75 Å². The zero-order chi connectivity index (χ0) is 14.8. The van der Waals surface area contributed by atoms with Gasteiger partial charge in [0.2, 0.25) is 0 Å². The Labute approximate surface area is 106 Å². The third kappa shape index (κ3) is 3.21. The van der Waals surface area contributed by atoms with Crippen LogP contribution in [0.3, 0.4) is 0 Å². The number of nitro benzene ring substituents is 1. The average Bonchev–Trinajstić information content (AvgIpc) is 2.27. The molecule has 0 radical (unpaired) electrons. The molecule has 0 saturated carbocycles. The lowest BCUT2D eigenvalue weighted by Crippen LogP contribution is -2.12. The number of nitrogens with zero attached hydrogens (tertiary/aromatic N) is 1. The second-order valence-corrected chi connectivity index (χ2v) is 3.61. The molecule has 104 valence electrons. The first-order valence-corrected chi connectivity index (χ1v) is 5.21. The first kappa shape index (κ1) is 14.9. The van der Waals surface area contributed by atoms with Crippen LogP contribution in [0.4, 0.5) is 18.9 Å². The standard InChI is InChI=1S/C11H10F3NO4/c1-3-19-10-5-8(11(12,13)14)9(15(17)18)4-7(10)6(2)16/h4-5H,3H2,1-2H3. The number of alkyl halides is 3. The topological polar surface area (TPSA) is 69.4 Å². The molecule has 1 rings (SSSR count). The Morgan fingerprint density at radius 3 is 2.37 bits per heavy atom. The number of ketones is 1. The van der Waals surface area contributed by atoms with E-state index in [0.29, 0.717) is 12.1 Å². The Bertz CT molecular complexity index is 525. The third-order valence-electron chi connectivity index (χ3n) is 2.28. The van der Waals surface area contributed by atoms with Crippen molar-refractivity contribution in [1.29, 1.82) is 0 Å². The molecule has 0 N–H and O–H groups in total. The van der Waals surface area contributed by atoms with Crippen LogP contribution in [0.2, 0.25) is 0 Å². The van der Waals surface area contributed by atoms with Gasteiger partial charge in [0.05, 0.1) is 17.1 Å². The molecule has 0 aromatic heterocycles. The molecule has 0 aliphatic heterocycles. The summed E-state index contributed by atoms with van der Waals surface area (Å²) in [7, 11) is 0. The van der Waals surface area contributed by atoms with Crippen LogP contribution in [0.25, 0.3) is 0 Å². The number of rotatable bonds is 4. The number of hydrogen-bond donors (Lipinski definition) is 0. The summed E-state index contributed by atoms with van der Waals surface area (Å²) in [6.45, 7) is 2.66. The molecular weight excluding hydrogens is 267 g/mol. The van der Waals surface area contributed by atoms with Crippen molar-refractivity contribution in [2.24, 2.45) is 0 Å². The minimum absolute atomic E-state index is 0.0371. The lowest BCUT2D eigenvalue weighted by atomic mass is 10.0. The van der Waals surface area contributed by atoms with Crippen molar-refractivity contribution < 1.29 is 27.6 Å². The molecule has 1 aromatic rings. The zero-order valence-corrected chi connectivity index (χ0v) is 10.1. The normalized spacial score (nSPS) is 11.2. The molecule has 0 aliphatic carbocycles. The average molecular weight is 277 g/mol. The summed E-state index contributed by atoms with van der Waals surface area (Å²) in [4.78, 5) is 20.8. The largest absolute Gasteiger partial charge is 0.493 e. The first-order valence-electron chi connectivity index (χ1n) is 5.21. The summed E-state index contributed by atoms with van der Waals surface area (Å²) in [6, 6.07) is 1.08. The van der Waals surface area contributed by atoms with Gasteiger partial charge in [-0.15, -0.1) is 0 Å². The summed E-state index contributed by atoms with van der Waals surface area (Å²) >= 11 is 0. The number of Topliss-reactive ketones (excluding diaryl/α,β-unsaturated/α-hetero) is 1. The monoisotopic (exact) mass is 277 g/mol. The van der Waals surface area contributed by atoms with Gasteiger partial charge < -0.3 is 4.74 Å². The fourth-order valence-electron chi connectivity index (χ4n) is 1.50. The van der Waals surface area contributed by atoms with Crippen LogP contribution in [0.15, 0.2) is 12.1 Å². The van der Waals surface area contributed by atoms with Gasteiger partial charge in [0.1, 0.15) is 11.3 Å². The van der Waals surface area contributed by atoms with E-state index in [4.69, 9.17) is 4.74 Å². The van der Waals surface area contributed by atoms with E-state index < -0.39 is 28.1 Å².